The van der Waals surface area contributed by atoms with Crippen LogP contribution in [0.25, 0.3) is 11.3 Å². The first-order valence-corrected chi connectivity index (χ1v) is 8.78. The van der Waals surface area contributed by atoms with Crippen LogP contribution < -0.4 is 10.3 Å². The van der Waals surface area contributed by atoms with E-state index in [9.17, 15) is 18.4 Å². The Hall–Kier alpha value is -2.94. The molecular weight excluding hydrogens is 440 g/mol. The fraction of sp³-hybridized carbons (Fsp3) is 0.158. The van der Waals surface area contributed by atoms with Crippen LogP contribution in [-0.2, 0) is 11.3 Å². The summed E-state index contributed by atoms with van der Waals surface area (Å²) in [5.74, 6) is -1.84. The lowest BCUT2D eigenvalue weighted by Gasteiger charge is -2.14. The summed E-state index contributed by atoms with van der Waals surface area (Å²) >= 11 is 3.16. The van der Waals surface area contributed by atoms with Crippen molar-refractivity contribution in [3.05, 3.63) is 73.8 Å². The summed E-state index contributed by atoms with van der Waals surface area (Å²) in [7, 11) is 1.22. The number of hydrogen-bond acceptors (Lipinski definition) is 5. The normalized spacial score (nSPS) is 10.8. The van der Waals surface area contributed by atoms with E-state index in [-0.39, 0.29) is 33.9 Å². The highest BCUT2D eigenvalue weighted by molar-refractivity contribution is 9.10. The van der Waals surface area contributed by atoms with E-state index < -0.39 is 23.2 Å². The van der Waals surface area contributed by atoms with Gasteiger partial charge in [-0.15, -0.1) is 0 Å². The molecule has 1 aromatic carbocycles. The fourth-order valence-electron chi connectivity index (χ4n) is 2.57. The number of benzene rings is 1. The zero-order valence-electron chi connectivity index (χ0n) is 14.8. The van der Waals surface area contributed by atoms with Crippen molar-refractivity contribution in [3.63, 3.8) is 0 Å². The number of esters is 1. The van der Waals surface area contributed by atoms with E-state index in [1.807, 2.05) is 0 Å². The Morgan fingerprint density at radius 2 is 2.00 bits per heavy atom. The molecule has 0 aliphatic rings. The third kappa shape index (κ3) is 3.84. The van der Waals surface area contributed by atoms with Crippen LogP contribution in [0, 0.1) is 18.6 Å². The molecular formula is C19H14BrF2NO5. The van der Waals surface area contributed by atoms with Crippen molar-refractivity contribution in [1.82, 2.24) is 4.98 Å². The molecule has 0 spiro atoms. The molecule has 0 saturated heterocycles. The topological polar surface area (TPSA) is 81.5 Å². The van der Waals surface area contributed by atoms with E-state index in [4.69, 9.17) is 9.15 Å². The molecule has 9 heteroatoms. The number of pyridine rings is 1. The number of methoxy groups -OCH3 is 1. The second-order valence-electron chi connectivity index (χ2n) is 5.78. The highest BCUT2D eigenvalue weighted by Gasteiger charge is 2.22. The van der Waals surface area contributed by atoms with Crippen molar-refractivity contribution in [2.75, 3.05) is 7.11 Å². The molecule has 0 saturated carbocycles. The van der Waals surface area contributed by atoms with Gasteiger partial charge in [-0.2, -0.15) is 0 Å². The maximum absolute atomic E-state index is 13.9. The molecule has 0 bridgehead atoms. The Morgan fingerprint density at radius 1 is 1.25 bits per heavy atom. The van der Waals surface area contributed by atoms with Crippen molar-refractivity contribution in [2.24, 2.45) is 0 Å². The number of furan rings is 1. The van der Waals surface area contributed by atoms with Crippen molar-refractivity contribution in [2.45, 2.75) is 13.5 Å². The van der Waals surface area contributed by atoms with Crippen LogP contribution >= 0.6 is 15.9 Å². The van der Waals surface area contributed by atoms with Crippen LogP contribution in [-0.4, -0.2) is 18.1 Å². The minimum Gasteiger partial charge on any atom is -0.487 e. The molecule has 1 N–H and O–H groups in total. The standard InChI is InChI=1S/C19H14BrF2NO5/c1-9-15(13-5-6-14(28-13)19(25)26-2)17(16(20)18(24)23-9)27-8-10-3-4-11(21)7-12(10)22/h3-7H,8H2,1-2H3,(H,23,24). The Balaban J connectivity index is 2.03. The lowest BCUT2D eigenvalue weighted by atomic mass is 10.1. The number of H-pyrrole nitrogens is 1. The van der Waals surface area contributed by atoms with Gasteiger partial charge in [-0.1, -0.05) is 0 Å². The number of aryl methyl sites for hydroxylation is 1. The van der Waals surface area contributed by atoms with E-state index in [0.29, 0.717) is 11.3 Å². The van der Waals surface area contributed by atoms with Gasteiger partial charge in [0.1, 0.15) is 28.5 Å². The van der Waals surface area contributed by atoms with Crippen molar-refractivity contribution >= 4 is 21.9 Å². The van der Waals surface area contributed by atoms with Crippen LogP contribution in [0.1, 0.15) is 21.8 Å². The molecule has 0 amide bonds. The van der Waals surface area contributed by atoms with Crippen LogP contribution in [0.5, 0.6) is 5.75 Å². The maximum atomic E-state index is 13.9. The molecule has 28 heavy (non-hydrogen) atoms. The summed E-state index contributed by atoms with van der Waals surface area (Å²) in [6, 6.07) is 6.04. The summed E-state index contributed by atoms with van der Waals surface area (Å²) in [4.78, 5) is 26.4. The van der Waals surface area contributed by atoms with Gasteiger partial charge in [-0.3, -0.25) is 4.79 Å². The largest absolute Gasteiger partial charge is 0.487 e. The monoisotopic (exact) mass is 453 g/mol. The lowest BCUT2D eigenvalue weighted by molar-refractivity contribution is 0.0566. The van der Waals surface area contributed by atoms with E-state index >= 15 is 0 Å². The zero-order chi connectivity index (χ0) is 20.4. The number of nitrogens with one attached hydrogen (secondary N) is 1. The van der Waals surface area contributed by atoms with Gasteiger partial charge in [0.05, 0.1) is 12.7 Å². The molecule has 0 aliphatic heterocycles. The zero-order valence-corrected chi connectivity index (χ0v) is 16.4. The van der Waals surface area contributed by atoms with Crippen LogP contribution in [0.15, 0.2) is 44.0 Å². The summed E-state index contributed by atoms with van der Waals surface area (Å²) in [5.41, 5.74) is 0.417. The van der Waals surface area contributed by atoms with Crippen molar-refractivity contribution in [1.29, 1.82) is 0 Å². The van der Waals surface area contributed by atoms with E-state index in [1.54, 1.807) is 6.92 Å². The molecule has 6 nitrogen and oxygen atoms in total. The van der Waals surface area contributed by atoms with Gasteiger partial charge in [0.2, 0.25) is 5.76 Å². The lowest BCUT2D eigenvalue weighted by Crippen LogP contribution is -2.13. The molecule has 0 unspecified atom stereocenters. The van der Waals surface area contributed by atoms with E-state index in [2.05, 4.69) is 25.7 Å². The molecule has 2 aromatic heterocycles. The second-order valence-corrected chi connectivity index (χ2v) is 6.57. The number of ether oxygens (including phenoxy) is 2. The molecule has 0 atom stereocenters. The third-order valence-electron chi connectivity index (χ3n) is 3.93. The second kappa shape index (κ2) is 7.97. The van der Waals surface area contributed by atoms with Gasteiger partial charge in [0.25, 0.3) is 5.56 Å². The number of hydrogen-bond donors (Lipinski definition) is 1. The van der Waals surface area contributed by atoms with Gasteiger partial charge in [-0.05, 0) is 47.1 Å². The first kappa shape index (κ1) is 19.8. The van der Waals surface area contributed by atoms with E-state index in [0.717, 1.165) is 12.1 Å². The fourth-order valence-corrected chi connectivity index (χ4v) is 2.99. The molecule has 0 radical (unpaired) electrons. The minimum absolute atomic E-state index is 0.0326. The summed E-state index contributed by atoms with van der Waals surface area (Å²) in [6.45, 7) is 1.36. The molecule has 2 heterocycles. The van der Waals surface area contributed by atoms with Crippen LogP contribution in [0.4, 0.5) is 8.78 Å². The first-order chi connectivity index (χ1) is 13.3. The van der Waals surface area contributed by atoms with Gasteiger partial charge < -0.3 is 18.9 Å². The molecule has 3 rings (SSSR count). The average molecular weight is 454 g/mol. The number of carbonyl (C=O) groups excluding carboxylic acids is 1. The summed E-state index contributed by atoms with van der Waals surface area (Å²) in [6.07, 6.45) is 0. The molecule has 146 valence electrons. The highest BCUT2D eigenvalue weighted by Crippen LogP contribution is 2.37. The highest BCUT2D eigenvalue weighted by atomic mass is 79.9. The molecule has 0 fully saturated rings. The third-order valence-corrected chi connectivity index (χ3v) is 4.65. The number of halogens is 3. The Bertz CT molecular complexity index is 1110. The number of rotatable bonds is 5. The SMILES string of the molecule is COC(=O)c1ccc(-c2c(C)[nH]c(=O)c(Br)c2OCc2ccc(F)cc2F)o1. The molecule has 3 aromatic rings. The number of aromatic amines is 1. The van der Waals surface area contributed by atoms with Gasteiger partial charge in [0.15, 0.2) is 5.75 Å². The van der Waals surface area contributed by atoms with Crippen LogP contribution in [0.3, 0.4) is 0 Å². The van der Waals surface area contributed by atoms with Crippen molar-refractivity contribution in [3.8, 4) is 17.1 Å². The smallest absolute Gasteiger partial charge is 0.373 e. The Morgan fingerprint density at radius 3 is 2.68 bits per heavy atom. The minimum atomic E-state index is -0.773. The number of aromatic nitrogens is 1. The van der Waals surface area contributed by atoms with Crippen molar-refractivity contribution < 1.29 is 27.5 Å². The average Bonchev–Trinajstić information content (AvgIpc) is 3.13. The predicted molar refractivity (Wildman–Crippen MR) is 99.2 cm³/mol. The van der Waals surface area contributed by atoms with Gasteiger partial charge >= 0.3 is 5.97 Å². The predicted octanol–water partition coefficient (Wildman–Crippen LogP) is 4.35. The Kier molecular flexibility index (Phi) is 5.64. The maximum Gasteiger partial charge on any atom is 0.373 e. The molecule has 0 aliphatic carbocycles. The summed E-state index contributed by atoms with van der Waals surface area (Å²) in [5, 5.41) is 0. The van der Waals surface area contributed by atoms with Crippen LogP contribution in [0.2, 0.25) is 0 Å². The van der Waals surface area contributed by atoms with E-state index in [1.165, 1.54) is 25.3 Å². The Labute approximate surface area is 166 Å². The van der Waals surface area contributed by atoms with Gasteiger partial charge in [-0.25, -0.2) is 13.6 Å². The number of carbonyl (C=O) groups is 1. The first-order valence-electron chi connectivity index (χ1n) is 7.99. The van der Waals surface area contributed by atoms with Gasteiger partial charge in [0, 0.05) is 17.3 Å². The quantitative estimate of drug-likeness (QED) is 0.580. The summed E-state index contributed by atoms with van der Waals surface area (Å²) < 4.78 is 42.8.